The lowest BCUT2D eigenvalue weighted by Crippen LogP contribution is -2.47. The van der Waals surface area contributed by atoms with Crippen molar-refractivity contribution in [1.29, 1.82) is 0 Å². The number of hydrogen-bond acceptors (Lipinski definition) is 6. The summed E-state index contributed by atoms with van der Waals surface area (Å²) in [4.78, 5) is 18.9. The molecule has 7 heteroatoms. The SMILES string of the molecule is c1ccc2c(c1)CC1(CCN(c3nccn4c(N5CCCc6ncccc65)ncc34)CC1)O2. The highest BCUT2D eigenvalue weighted by molar-refractivity contribution is 5.73. The molecule has 3 aliphatic heterocycles. The van der Waals surface area contributed by atoms with Gasteiger partial charge in [0.15, 0.2) is 5.82 Å². The summed E-state index contributed by atoms with van der Waals surface area (Å²) in [6, 6.07) is 12.6. The molecule has 3 aromatic heterocycles. The van der Waals surface area contributed by atoms with Crippen molar-refractivity contribution in [2.45, 2.75) is 37.7 Å². The van der Waals surface area contributed by atoms with E-state index in [1.165, 1.54) is 5.56 Å². The van der Waals surface area contributed by atoms with Crippen LogP contribution in [0.15, 0.2) is 61.2 Å². The summed E-state index contributed by atoms with van der Waals surface area (Å²) in [6.07, 6.45) is 12.9. The molecule has 0 N–H and O–H groups in total. The minimum Gasteiger partial charge on any atom is -0.487 e. The molecule has 7 nitrogen and oxygen atoms in total. The highest BCUT2D eigenvalue weighted by Gasteiger charge is 2.42. The normalized spacial score (nSPS) is 18.9. The number of anilines is 3. The van der Waals surface area contributed by atoms with E-state index in [1.807, 2.05) is 30.9 Å². The van der Waals surface area contributed by atoms with E-state index in [-0.39, 0.29) is 5.60 Å². The maximum atomic E-state index is 6.45. The van der Waals surface area contributed by atoms with Crippen molar-refractivity contribution in [3.63, 3.8) is 0 Å². The van der Waals surface area contributed by atoms with Crippen molar-refractivity contribution >= 4 is 23.0 Å². The first-order valence-electron chi connectivity index (χ1n) is 11.9. The Kier molecular flexibility index (Phi) is 4.13. The molecule has 1 spiro atoms. The lowest BCUT2D eigenvalue weighted by Gasteiger charge is -2.39. The number of benzene rings is 1. The lowest BCUT2D eigenvalue weighted by molar-refractivity contribution is 0.0667. The largest absolute Gasteiger partial charge is 0.487 e. The monoisotopic (exact) mass is 438 g/mol. The zero-order valence-electron chi connectivity index (χ0n) is 18.5. The van der Waals surface area contributed by atoms with Crippen molar-refractivity contribution in [2.75, 3.05) is 29.4 Å². The van der Waals surface area contributed by atoms with Gasteiger partial charge in [0.1, 0.15) is 16.9 Å². The zero-order chi connectivity index (χ0) is 21.8. The molecule has 1 aromatic carbocycles. The molecule has 0 saturated carbocycles. The van der Waals surface area contributed by atoms with Crippen LogP contribution in [0.5, 0.6) is 5.75 Å². The lowest BCUT2D eigenvalue weighted by atomic mass is 9.87. The molecule has 0 radical (unpaired) electrons. The van der Waals surface area contributed by atoms with Gasteiger partial charge in [0.05, 0.1) is 17.6 Å². The van der Waals surface area contributed by atoms with Gasteiger partial charge in [-0.3, -0.25) is 9.38 Å². The number of ether oxygens (including phenoxy) is 1. The molecule has 7 rings (SSSR count). The molecule has 0 atom stereocenters. The average molecular weight is 439 g/mol. The fourth-order valence-corrected chi connectivity index (χ4v) is 5.72. The molecule has 0 amide bonds. The number of piperidine rings is 1. The quantitative estimate of drug-likeness (QED) is 0.468. The van der Waals surface area contributed by atoms with E-state index in [2.05, 4.69) is 49.5 Å². The summed E-state index contributed by atoms with van der Waals surface area (Å²) in [5.41, 5.74) is 4.63. The number of aromatic nitrogens is 4. The molecule has 3 aliphatic rings. The summed E-state index contributed by atoms with van der Waals surface area (Å²) in [6.45, 7) is 2.80. The van der Waals surface area contributed by atoms with Gasteiger partial charge in [-0.25, -0.2) is 9.97 Å². The van der Waals surface area contributed by atoms with Crippen LogP contribution in [-0.2, 0) is 12.8 Å². The van der Waals surface area contributed by atoms with Gasteiger partial charge in [0, 0.05) is 57.5 Å². The molecule has 0 bridgehead atoms. The van der Waals surface area contributed by atoms with E-state index < -0.39 is 0 Å². The Hall–Kier alpha value is -3.61. The highest BCUT2D eigenvalue weighted by atomic mass is 16.5. The standard InChI is InChI=1S/C26H26N6O/c1-2-8-23-19(5-1)17-26(33-23)9-14-30(15-10-26)24-22-18-29-25(32(22)16-12-28-24)31-13-4-6-20-21(31)7-3-11-27-20/h1-3,5,7-8,11-12,16,18H,4,6,9-10,13-15,17H2. The van der Waals surface area contributed by atoms with E-state index in [0.29, 0.717) is 0 Å². The number of pyridine rings is 1. The first kappa shape index (κ1) is 18.9. The fraction of sp³-hybridized carbons (Fsp3) is 0.346. The number of hydrogen-bond donors (Lipinski definition) is 0. The van der Waals surface area contributed by atoms with Gasteiger partial charge in [0.25, 0.3) is 0 Å². The van der Waals surface area contributed by atoms with E-state index in [4.69, 9.17) is 14.7 Å². The van der Waals surface area contributed by atoms with Crippen LogP contribution in [0.25, 0.3) is 5.52 Å². The van der Waals surface area contributed by atoms with Gasteiger partial charge in [-0.15, -0.1) is 0 Å². The van der Waals surface area contributed by atoms with Crippen LogP contribution in [0.3, 0.4) is 0 Å². The van der Waals surface area contributed by atoms with Gasteiger partial charge in [-0.2, -0.15) is 0 Å². The van der Waals surface area contributed by atoms with Gasteiger partial charge in [-0.05, 0) is 36.6 Å². The fourth-order valence-electron chi connectivity index (χ4n) is 5.72. The molecule has 33 heavy (non-hydrogen) atoms. The molecule has 6 heterocycles. The van der Waals surface area contributed by atoms with E-state index in [1.54, 1.807) is 0 Å². The summed E-state index contributed by atoms with van der Waals surface area (Å²) < 4.78 is 8.62. The summed E-state index contributed by atoms with van der Waals surface area (Å²) >= 11 is 0. The topological polar surface area (TPSA) is 58.8 Å². The van der Waals surface area contributed by atoms with Crippen LogP contribution < -0.4 is 14.5 Å². The third-order valence-electron chi connectivity index (χ3n) is 7.40. The molecule has 1 fully saturated rings. The Balaban J connectivity index is 1.17. The Morgan fingerprint density at radius 2 is 1.82 bits per heavy atom. The van der Waals surface area contributed by atoms with Crippen LogP contribution >= 0.6 is 0 Å². The maximum absolute atomic E-state index is 6.45. The Labute approximate surface area is 192 Å². The van der Waals surface area contributed by atoms with Crippen molar-refractivity contribution in [1.82, 2.24) is 19.4 Å². The summed E-state index contributed by atoms with van der Waals surface area (Å²) in [7, 11) is 0. The molecular formula is C26H26N6O. The van der Waals surface area contributed by atoms with Crippen molar-refractivity contribution < 1.29 is 4.74 Å². The Morgan fingerprint density at radius 1 is 0.909 bits per heavy atom. The third kappa shape index (κ3) is 2.98. The van der Waals surface area contributed by atoms with Crippen molar-refractivity contribution in [2.24, 2.45) is 0 Å². The number of imidazole rings is 1. The number of para-hydroxylation sites is 1. The molecular weight excluding hydrogens is 412 g/mol. The second-order valence-electron chi connectivity index (χ2n) is 9.35. The van der Waals surface area contributed by atoms with Crippen LogP contribution in [0.1, 0.15) is 30.5 Å². The second-order valence-corrected chi connectivity index (χ2v) is 9.35. The van der Waals surface area contributed by atoms with E-state index in [9.17, 15) is 0 Å². The second kappa shape index (κ2) is 7.20. The van der Waals surface area contributed by atoms with Crippen molar-refractivity contribution in [3.8, 4) is 5.75 Å². The van der Waals surface area contributed by atoms with Crippen LogP contribution in [0.4, 0.5) is 17.5 Å². The van der Waals surface area contributed by atoms with Gasteiger partial charge >= 0.3 is 0 Å². The molecule has 166 valence electrons. The minimum atomic E-state index is -0.0683. The van der Waals surface area contributed by atoms with Gasteiger partial charge < -0.3 is 14.5 Å². The first-order valence-corrected chi connectivity index (χ1v) is 11.9. The highest BCUT2D eigenvalue weighted by Crippen LogP contribution is 2.42. The number of fused-ring (bicyclic) bond motifs is 3. The van der Waals surface area contributed by atoms with Crippen LogP contribution in [0.2, 0.25) is 0 Å². The number of nitrogens with zero attached hydrogens (tertiary/aromatic N) is 6. The molecule has 0 aliphatic carbocycles. The Morgan fingerprint density at radius 3 is 2.73 bits per heavy atom. The third-order valence-corrected chi connectivity index (χ3v) is 7.40. The van der Waals surface area contributed by atoms with Crippen molar-refractivity contribution in [3.05, 3.63) is 72.4 Å². The molecule has 1 saturated heterocycles. The van der Waals surface area contributed by atoms with E-state index in [0.717, 1.165) is 86.2 Å². The maximum Gasteiger partial charge on any atom is 0.214 e. The van der Waals surface area contributed by atoms with Gasteiger partial charge in [-0.1, -0.05) is 18.2 Å². The average Bonchev–Trinajstić information content (AvgIpc) is 3.45. The van der Waals surface area contributed by atoms with Gasteiger partial charge in [0.2, 0.25) is 5.95 Å². The smallest absolute Gasteiger partial charge is 0.214 e. The molecule has 0 unspecified atom stereocenters. The molecule has 4 aromatic rings. The minimum absolute atomic E-state index is 0.0683. The first-order chi connectivity index (χ1) is 16.3. The Bertz CT molecular complexity index is 1310. The number of rotatable bonds is 2. The van der Waals surface area contributed by atoms with Crippen LogP contribution in [-0.4, -0.2) is 44.6 Å². The number of aryl methyl sites for hydroxylation is 1. The zero-order valence-corrected chi connectivity index (χ0v) is 18.5. The summed E-state index contributed by atoms with van der Waals surface area (Å²) in [5.74, 6) is 3.00. The predicted molar refractivity (Wildman–Crippen MR) is 128 cm³/mol. The predicted octanol–water partition coefficient (Wildman–Crippen LogP) is 4.18. The van der Waals surface area contributed by atoms with Crippen LogP contribution in [0, 0.1) is 0 Å². The van der Waals surface area contributed by atoms with E-state index >= 15 is 0 Å². The summed E-state index contributed by atoms with van der Waals surface area (Å²) in [5, 5.41) is 0.